The van der Waals surface area contributed by atoms with Crippen molar-refractivity contribution in [2.45, 2.75) is 216 Å². The Morgan fingerprint density at radius 1 is 0.496 bits per heavy atom. The molecule has 0 saturated carbocycles. The summed E-state index contributed by atoms with van der Waals surface area (Å²) in [5.74, 6) is -21.3. The van der Waals surface area contributed by atoms with Crippen molar-refractivity contribution in [1.29, 1.82) is 0 Å². The number of H-pyrrole nitrogens is 1. The number of aromatic hydroxyl groups is 1. The second-order valence-corrected chi connectivity index (χ2v) is 36.5. The predicted molar refractivity (Wildman–Crippen MR) is 502 cm³/mol. The van der Waals surface area contributed by atoms with Crippen molar-refractivity contribution < 1.29 is 90.2 Å². The van der Waals surface area contributed by atoms with Crippen LogP contribution in [0.2, 0.25) is 0 Å². The van der Waals surface area contributed by atoms with E-state index in [1.807, 2.05) is 6.92 Å². The number of benzene rings is 6. The van der Waals surface area contributed by atoms with Gasteiger partial charge in [-0.15, -0.1) is 11.8 Å². The van der Waals surface area contributed by atoms with Crippen molar-refractivity contribution >= 4 is 111 Å². The molecule has 0 unspecified atom stereocenters. The summed E-state index contributed by atoms with van der Waals surface area (Å²) < 4.78 is 45.2. The van der Waals surface area contributed by atoms with Crippen molar-refractivity contribution in [2.24, 2.45) is 40.7 Å². The van der Waals surface area contributed by atoms with Crippen LogP contribution in [0.5, 0.6) is 5.75 Å². The fourth-order valence-corrected chi connectivity index (χ4v) is 18.3. The maximum atomic E-state index is 15.7. The monoisotopic (exact) mass is 1880 g/mol. The summed E-state index contributed by atoms with van der Waals surface area (Å²) in [4.78, 5) is 236. The predicted octanol–water partition coefficient (Wildman–Crippen LogP) is 5.15. The van der Waals surface area contributed by atoms with E-state index in [4.69, 9.17) is 22.9 Å². The maximum absolute atomic E-state index is 15.7. The maximum Gasteiger partial charge on any atom is 0.246 e. The van der Waals surface area contributed by atoms with Gasteiger partial charge in [-0.05, 0) is 127 Å². The highest BCUT2D eigenvalue weighted by Crippen LogP contribution is 2.31. The third kappa shape index (κ3) is 28.5. The van der Waals surface area contributed by atoms with Gasteiger partial charge in [0.1, 0.15) is 65.9 Å². The van der Waals surface area contributed by atoms with Gasteiger partial charge in [0.2, 0.25) is 70.9 Å². The van der Waals surface area contributed by atoms with Crippen molar-refractivity contribution in [2.75, 3.05) is 58.8 Å². The van der Waals surface area contributed by atoms with Gasteiger partial charge in [0.15, 0.2) is 29.0 Å². The highest BCUT2D eigenvalue weighted by Gasteiger charge is 2.47. The number of thioether (sulfide) groups is 1. The van der Waals surface area contributed by atoms with Crippen molar-refractivity contribution in [3.63, 3.8) is 0 Å². The molecular formula is C99H125F3N16O16S. The number of fused-ring (bicyclic) bond motifs is 3. The zero-order chi connectivity index (χ0) is 97.9. The molecule has 1 aromatic heterocycles. The molecule has 0 bridgehead atoms. The highest BCUT2D eigenvalue weighted by atomic mass is 32.2. The number of primary amides is 1. The van der Waals surface area contributed by atoms with E-state index in [1.54, 1.807) is 129 Å². The molecule has 12 amide bonds. The van der Waals surface area contributed by atoms with Gasteiger partial charge in [-0.2, -0.15) is 0 Å². The lowest BCUT2D eigenvalue weighted by molar-refractivity contribution is -0.152. The van der Waals surface area contributed by atoms with Crippen LogP contribution in [-0.4, -0.2) is 248 Å². The molecule has 0 radical (unpaired) electrons. The molecule has 13 atom stereocenters. The Bertz CT molecular complexity index is 5330. The van der Waals surface area contributed by atoms with E-state index in [9.17, 15) is 28.7 Å². The Morgan fingerprint density at radius 2 is 1.04 bits per heavy atom. The molecule has 3 saturated heterocycles. The first-order chi connectivity index (χ1) is 64.6. The van der Waals surface area contributed by atoms with Gasteiger partial charge in [-0.3, -0.25) is 71.9 Å². The molecule has 4 heterocycles. The van der Waals surface area contributed by atoms with E-state index in [0.29, 0.717) is 76.5 Å². The van der Waals surface area contributed by atoms with Crippen LogP contribution in [-0.2, 0) is 117 Å². The van der Waals surface area contributed by atoms with Gasteiger partial charge in [0, 0.05) is 146 Å². The number of phenols is 1. The number of nitrogens with zero attached hydrogens (tertiary/aromatic N) is 5. The van der Waals surface area contributed by atoms with E-state index in [-0.39, 0.29) is 108 Å². The number of nitrogens with two attached hydrogens (primary N) is 4. The number of carbonyl (C=O) groups is 15. The average molecular weight is 1880 g/mol. The first-order valence-electron chi connectivity index (χ1n) is 46.0. The van der Waals surface area contributed by atoms with Crippen LogP contribution in [0, 0.1) is 35.2 Å². The molecule has 724 valence electrons. The minimum atomic E-state index is -1.83. The summed E-state index contributed by atoms with van der Waals surface area (Å²) in [6.45, 7) is 5.29. The zero-order valence-electron chi connectivity index (χ0n) is 77.1. The number of amides is 12. The minimum absolute atomic E-state index is 0.0156. The van der Waals surface area contributed by atoms with E-state index in [0.717, 1.165) is 22.2 Å². The van der Waals surface area contributed by atoms with E-state index in [2.05, 4.69) is 36.9 Å². The van der Waals surface area contributed by atoms with Crippen LogP contribution in [0.25, 0.3) is 10.9 Å². The van der Waals surface area contributed by atoms with Gasteiger partial charge in [-0.25, -0.2) is 13.2 Å². The Morgan fingerprint density at radius 3 is 1.64 bits per heavy atom. The standard InChI is InChI=1S/C99H125F3N16O16S/c1-7-8-27-81-99(134)117-41-19-28-79(117)86(122)51-65(54-105)85(121)52-69(58(2)3)95(130)115(5)82(48-59-20-11-9-12-21-59)94(129)112-77(46-61-29-31-63(53-104)32-30-61)97(132)118-42-39-80(118)93(128)111-75(50-66-55-107-72-25-16-15-24-68(66)72)92(127)110-74(45-62-33-35-67(119)36-34-62)91(126)109-73(26-17-18-40-103)90(125)113-78(84(120)37-38-87(106)123)56-135-57-88(124)108-76(47-64-43-70(100)89(102)71(101)44-64)96(131)116(6)83(98(133)114(81)4)49-60-22-13-10-14-23-60/h9-16,20-25,29-36,43-44,55,58,65,69,73-83,107,119H,7-8,17-19,26-28,37-42,45-54,56-57,103-105H2,1-6H3,(H2,106,123)(H,108,124)(H,109,126)(H,110,127)(H,111,128)(H,112,129)(H,113,125)/t65-,69-,73-,74-,75-,76-,77-,78-,79+,80+,81-,82-,83-/m0/s1. The summed E-state index contributed by atoms with van der Waals surface area (Å²) in [6.07, 6.45) is -0.254. The average Bonchev–Trinajstić information content (AvgIpc) is 1.26. The normalized spacial score (nSPS) is 23.5. The number of rotatable bonds is 26. The van der Waals surface area contributed by atoms with Crippen LogP contribution < -0.4 is 54.8 Å². The van der Waals surface area contributed by atoms with E-state index in [1.165, 1.54) is 65.0 Å². The molecule has 36 heteroatoms. The zero-order valence-corrected chi connectivity index (χ0v) is 77.9. The second-order valence-electron chi connectivity index (χ2n) is 35.5. The summed E-state index contributed by atoms with van der Waals surface area (Å²) >= 11 is 0.735. The number of hydrogen-bond acceptors (Lipinski definition) is 20. The Balaban J connectivity index is 1.05. The molecule has 10 rings (SSSR count). The van der Waals surface area contributed by atoms with Gasteiger partial charge < -0.3 is 89.4 Å². The van der Waals surface area contributed by atoms with Crippen LogP contribution in [0.1, 0.15) is 143 Å². The molecular weight excluding hydrogens is 1760 g/mol. The Hall–Kier alpha value is -12.7. The summed E-state index contributed by atoms with van der Waals surface area (Å²) in [6, 6.07) is 22.0. The molecule has 6 aromatic carbocycles. The number of phenolic OH excluding ortho intramolecular Hbond substituents is 1. The summed E-state index contributed by atoms with van der Waals surface area (Å²) in [7, 11) is 4.03. The Labute approximate surface area is 787 Å². The fraction of sp³-hybridized carbons (Fsp3) is 0.465. The number of hydrogen-bond donors (Lipinski definition) is 12. The number of halogens is 3. The van der Waals surface area contributed by atoms with Crippen LogP contribution in [0.15, 0.2) is 152 Å². The number of carbonyl (C=O) groups excluding carboxylic acids is 15. The number of aromatic amines is 1. The van der Waals surface area contributed by atoms with Crippen LogP contribution in [0.3, 0.4) is 0 Å². The largest absolute Gasteiger partial charge is 0.508 e. The Kier molecular flexibility index (Phi) is 38.7. The topological polar surface area (TPSA) is 485 Å². The number of aromatic nitrogens is 1. The number of likely N-dealkylation sites (N-methyl/N-ethyl adjacent to an activating group) is 3. The highest BCUT2D eigenvalue weighted by molar-refractivity contribution is 8.00. The molecule has 3 aliphatic rings. The quantitative estimate of drug-likeness (QED) is 0.0246. The summed E-state index contributed by atoms with van der Waals surface area (Å²) in [5.41, 5.74) is 27.6. The molecule has 0 spiro atoms. The number of nitrogens with one attached hydrogen (secondary N) is 7. The third-order valence-electron chi connectivity index (χ3n) is 25.5. The van der Waals surface area contributed by atoms with Gasteiger partial charge in [0.05, 0.1) is 17.8 Å². The SMILES string of the molecule is CCCC[C@H]1C(=O)N2CCC[C@@H]2C(=O)C[C@@H](CN)C(=O)C[C@@H](C(C)C)C(=O)N(C)[C@@H](Cc2ccccc2)C(=O)N[C@@H](Cc2ccc(CN)cc2)C(=O)N2CC[C@@H]2C(=O)N[C@@H](Cc2c[nH]c3ccccc23)C(=O)N[C@@H](Cc2ccc(O)cc2)C(=O)N[C@@H](CCCCN)C(=O)N[C@H](C(=O)CCC(N)=O)CSCC(=O)N[C@@H](Cc2cc(F)c(F)c(F)c2)C(=O)N(C)[C@@H](Cc2ccccc2)C(=O)N1C. The molecule has 3 fully saturated rings. The first kappa shape index (κ1) is 104. The number of para-hydroxylation sites is 1. The lowest BCUT2D eigenvalue weighted by atomic mass is 9.83. The van der Waals surface area contributed by atoms with Gasteiger partial charge in [0.25, 0.3) is 0 Å². The van der Waals surface area contributed by atoms with Crippen LogP contribution >= 0.6 is 11.8 Å². The fourth-order valence-electron chi connectivity index (χ4n) is 17.4. The number of unbranched alkanes of at least 4 members (excludes halogenated alkanes) is 2. The second kappa shape index (κ2) is 50.1. The lowest BCUT2D eigenvalue weighted by Crippen LogP contribution is -2.65. The van der Waals surface area contributed by atoms with Crippen molar-refractivity contribution in [3.05, 3.63) is 208 Å². The van der Waals surface area contributed by atoms with Crippen molar-refractivity contribution in [3.8, 4) is 5.75 Å². The molecule has 0 aliphatic carbocycles. The number of ketones is 3. The lowest BCUT2D eigenvalue weighted by Gasteiger charge is -2.42. The van der Waals surface area contributed by atoms with Crippen molar-refractivity contribution in [1.82, 2.24) is 61.4 Å². The molecule has 3 aliphatic heterocycles. The van der Waals surface area contributed by atoms with Crippen LogP contribution in [0.4, 0.5) is 13.2 Å². The van der Waals surface area contributed by atoms with E-state index >= 15 is 61.5 Å². The minimum Gasteiger partial charge on any atom is -0.508 e. The smallest absolute Gasteiger partial charge is 0.246 e. The summed E-state index contributed by atoms with van der Waals surface area (Å²) in [5, 5.41) is 27.8. The third-order valence-corrected chi connectivity index (χ3v) is 26.6. The number of Topliss-reactive ketones (excluding diaryl/α,β-unsaturated/α-hetero) is 3. The van der Waals surface area contributed by atoms with Gasteiger partial charge >= 0.3 is 0 Å². The molecule has 16 N–H and O–H groups in total. The first-order valence-corrected chi connectivity index (χ1v) is 47.1. The molecule has 7 aromatic rings. The molecule has 32 nitrogen and oxygen atoms in total. The molecule has 135 heavy (non-hydrogen) atoms. The van der Waals surface area contributed by atoms with E-state index < -0.39 is 234 Å². The van der Waals surface area contributed by atoms with Gasteiger partial charge in [-0.1, -0.05) is 149 Å².